The number of carbonyl (C=O) groups excluding carboxylic acids is 1. The summed E-state index contributed by atoms with van der Waals surface area (Å²) in [5.74, 6) is -0.288. The number of rotatable bonds is 6. The molecule has 6 heteroatoms. The maximum atomic E-state index is 13.9. The van der Waals surface area contributed by atoms with Crippen molar-refractivity contribution in [3.05, 3.63) is 76.6 Å². The number of hydrogen-bond acceptors (Lipinski definition) is 3. The van der Waals surface area contributed by atoms with E-state index in [2.05, 4.69) is 10.2 Å². The summed E-state index contributed by atoms with van der Waals surface area (Å²) in [6.07, 6.45) is 7.11. The van der Waals surface area contributed by atoms with Crippen LogP contribution in [0.25, 0.3) is 6.08 Å². The fraction of sp³-hybridized carbons (Fsp3) is 0.400. The van der Waals surface area contributed by atoms with Crippen molar-refractivity contribution in [1.82, 2.24) is 10.2 Å². The van der Waals surface area contributed by atoms with E-state index in [0.29, 0.717) is 18.1 Å². The molecule has 4 rings (SSSR count). The molecule has 2 aromatic carbocycles. The van der Waals surface area contributed by atoms with Crippen molar-refractivity contribution in [2.24, 2.45) is 0 Å². The first-order valence-electron chi connectivity index (χ1n) is 10.9. The van der Waals surface area contributed by atoms with Crippen LogP contribution in [0.15, 0.2) is 54.6 Å². The molecule has 0 aliphatic carbocycles. The minimum Gasteiger partial charge on any atom is -0.370 e. The third-order valence-electron chi connectivity index (χ3n) is 6.28. The van der Waals surface area contributed by atoms with Crippen molar-refractivity contribution in [3.8, 4) is 0 Å². The zero-order valence-corrected chi connectivity index (χ0v) is 18.3. The van der Waals surface area contributed by atoms with Crippen LogP contribution in [-0.4, -0.2) is 42.1 Å². The summed E-state index contributed by atoms with van der Waals surface area (Å²) in [6.45, 7) is 2.94. The number of piperidine rings is 1. The van der Waals surface area contributed by atoms with Crippen molar-refractivity contribution >= 4 is 23.6 Å². The SMILES string of the molecule is O=C(/C=C/c1ccccc1Cl)NC[C@@H]1CCC2(CCN(Cc3ccccc3F)CC2)O1. The second-order valence-electron chi connectivity index (χ2n) is 8.43. The van der Waals surface area contributed by atoms with Crippen LogP contribution in [0.5, 0.6) is 0 Å². The Kier molecular flexibility index (Phi) is 7.06. The van der Waals surface area contributed by atoms with Crippen molar-refractivity contribution in [2.75, 3.05) is 19.6 Å². The Bertz CT molecular complexity index is 941. The number of nitrogens with one attached hydrogen (secondary N) is 1. The van der Waals surface area contributed by atoms with E-state index < -0.39 is 0 Å². The fourth-order valence-corrected chi connectivity index (χ4v) is 4.64. The van der Waals surface area contributed by atoms with E-state index in [0.717, 1.165) is 49.9 Å². The van der Waals surface area contributed by atoms with E-state index in [9.17, 15) is 9.18 Å². The third-order valence-corrected chi connectivity index (χ3v) is 6.63. The molecule has 1 spiro atoms. The highest BCUT2D eigenvalue weighted by Gasteiger charge is 2.42. The van der Waals surface area contributed by atoms with Crippen LogP contribution >= 0.6 is 11.6 Å². The molecular formula is C25H28ClFN2O2. The van der Waals surface area contributed by atoms with Gasteiger partial charge >= 0.3 is 0 Å². The van der Waals surface area contributed by atoms with Gasteiger partial charge in [-0.3, -0.25) is 9.69 Å². The van der Waals surface area contributed by atoms with E-state index in [1.165, 1.54) is 12.1 Å². The summed E-state index contributed by atoms with van der Waals surface area (Å²) in [6, 6.07) is 14.4. The summed E-state index contributed by atoms with van der Waals surface area (Å²) in [7, 11) is 0. The average molecular weight is 443 g/mol. The smallest absolute Gasteiger partial charge is 0.244 e. The maximum Gasteiger partial charge on any atom is 0.244 e. The molecule has 164 valence electrons. The van der Waals surface area contributed by atoms with Crippen molar-refractivity contribution in [1.29, 1.82) is 0 Å². The van der Waals surface area contributed by atoms with Crippen molar-refractivity contribution in [2.45, 2.75) is 43.9 Å². The number of hydrogen-bond donors (Lipinski definition) is 1. The molecule has 0 aromatic heterocycles. The number of carbonyl (C=O) groups is 1. The standard InChI is InChI=1S/C25H28ClFN2O2/c26-22-7-3-1-5-19(22)9-10-24(30)28-17-21-11-12-25(31-21)13-15-29(16-14-25)18-20-6-2-4-8-23(20)27/h1-10,21H,11-18H2,(H,28,30)/b10-9+/t21-/m0/s1. The number of halogens is 2. The van der Waals surface area contributed by atoms with Gasteiger partial charge < -0.3 is 10.1 Å². The number of benzene rings is 2. The van der Waals surface area contributed by atoms with E-state index in [1.807, 2.05) is 30.3 Å². The molecule has 0 radical (unpaired) electrons. The Balaban J connectivity index is 1.21. The monoisotopic (exact) mass is 442 g/mol. The molecule has 1 N–H and O–H groups in total. The number of likely N-dealkylation sites (tertiary alicyclic amines) is 1. The van der Waals surface area contributed by atoms with Crippen LogP contribution in [0, 0.1) is 5.82 Å². The molecule has 4 nitrogen and oxygen atoms in total. The van der Waals surface area contributed by atoms with Crippen LogP contribution < -0.4 is 5.32 Å². The van der Waals surface area contributed by atoms with Gasteiger partial charge in [0.15, 0.2) is 0 Å². The largest absolute Gasteiger partial charge is 0.370 e. The van der Waals surface area contributed by atoms with Crippen LogP contribution in [0.4, 0.5) is 4.39 Å². The lowest BCUT2D eigenvalue weighted by molar-refractivity contribution is -0.118. The molecule has 2 heterocycles. The lowest BCUT2D eigenvalue weighted by Crippen LogP contribution is -2.44. The molecule has 0 unspecified atom stereocenters. The Labute approximate surface area is 188 Å². The van der Waals surface area contributed by atoms with Crippen molar-refractivity contribution < 1.29 is 13.9 Å². The predicted molar refractivity (Wildman–Crippen MR) is 121 cm³/mol. The number of amides is 1. The third kappa shape index (κ3) is 5.73. The van der Waals surface area contributed by atoms with Crippen LogP contribution in [0.1, 0.15) is 36.8 Å². The van der Waals surface area contributed by atoms with Gasteiger partial charge in [0.2, 0.25) is 5.91 Å². The van der Waals surface area contributed by atoms with Gasteiger partial charge in [-0.15, -0.1) is 0 Å². The predicted octanol–water partition coefficient (Wildman–Crippen LogP) is 4.82. The molecular weight excluding hydrogens is 415 g/mol. The van der Waals surface area contributed by atoms with Gasteiger partial charge in [0.1, 0.15) is 5.82 Å². The summed E-state index contributed by atoms with van der Waals surface area (Å²) >= 11 is 6.11. The van der Waals surface area contributed by atoms with E-state index in [1.54, 1.807) is 18.2 Å². The fourth-order valence-electron chi connectivity index (χ4n) is 4.44. The second-order valence-corrected chi connectivity index (χ2v) is 8.84. The van der Waals surface area contributed by atoms with E-state index in [-0.39, 0.29) is 23.4 Å². The highest BCUT2D eigenvalue weighted by Crippen LogP contribution is 2.39. The number of ether oxygens (including phenoxy) is 1. The first-order valence-corrected chi connectivity index (χ1v) is 11.2. The minimum atomic E-state index is -0.149. The molecule has 2 aliphatic heterocycles. The van der Waals surface area contributed by atoms with E-state index in [4.69, 9.17) is 16.3 Å². The Hall–Kier alpha value is -2.21. The lowest BCUT2D eigenvalue weighted by atomic mass is 9.88. The molecule has 2 fully saturated rings. The Morgan fingerprint density at radius 3 is 2.68 bits per heavy atom. The van der Waals surface area contributed by atoms with Crippen LogP contribution in [0.2, 0.25) is 5.02 Å². The van der Waals surface area contributed by atoms with Gasteiger partial charge in [-0.1, -0.05) is 48.0 Å². The second kappa shape index (κ2) is 9.94. The number of nitrogens with zero attached hydrogens (tertiary/aromatic N) is 1. The van der Waals surface area contributed by atoms with Gasteiger partial charge in [0.05, 0.1) is 11.7 Å². The summed E-state index contributed by atoms with van der Waals surface area (Å²) in [4.78, 5) is 14.5. The summed E-state index contributed by atoms with van der Waals surface area (Å²) in [5.41, 5.74) is 1.46. The van der Waals surface area contributed by atoms with Gasteiger partial charge in [0, 0.05) is 42.8 Å². The first kappa shape index (κ1) is 22.0. The topological polar surface area (TPSA) is 41.6 Å². The van der Waals surface area contributed by atoms with Gasteiger partial charge in [-0.2, -0.15) is 0 Å². The lowest BCUT2D eigenvalue weighted by Gasteiger charge is -2.39. The highest BCUT2D eigenvalue weighted by molar-refractivity contribution is 6.32. The summed E-state index contributed by atoms with van der Waals surface area (Å²) in [5, 5.41) is 3.56. The van der Waals surface area contributed by atoms with E-state index >= 15 is 0 Å². The summed E-state index contributed by atoms with van der Waals surface area (Å²) < 4.78 is 20.3. The Morgan fingerprint density at radius 2 is 1.90 bits per heavy atom. The van der Waals surface area contributed by atoms with Gasteiger partial charge in [-0.25, -0.2) is 4.39 Å². The first-order chi connectivity index (χ1) is 15.0. The minimum absolute atomic E-state index is 0.0378. The van der Waals surface area contributed by atoms with Crippen LogP contribution in [0.3, 0.4) is 0 Å². The molecule has 31 heavy (non-hydrogen) atoms. The van der Waals surface area contributed by atoms with Gasteiger partial charge in [-0.05, 0) is 49.5 Å². The maximum absolute atomic E-state index is 13.9. The average Bonchev–Trinajstić information content (AvgIpc) is 3.17. The molecule has 1 atom stereocenters. The normalized spacial score (nSPS) is 21.0. The molecule has 1 amide bonds. The van der Waals surface area contributed by atoms with Crippen molar-refractivity contribution in [3.63, 3.8) is 0 Å². The molecule has 2 aliphatic rings. The van der Waals surface area contributed by atoms with Crippen LogP contribution in [-0.2, 0) is 16.1 Å². The zero-order chi connectivity index (χ0) is 21.7. The quantitative estimate of drug-likeness (QED) is 0.652. The highest BCUT2D eigenvalue weighted by atomic mass is 35.5. The molecule has 0 saturated carbocycles. The molecule has 0 bridgehead atoms. The van der Waals surface area contributed by atoms with Gasteiger partial charge in [0.25, 0.3) is 0 Å². The zero-order valence-electron chi connectivity index (χ0n) is 17.5. The molecule has 2 saturated heterocycles. The Morgan fingerprint density at radius 1 is 1.16 bits per heavy atom. The molecule has 2 aromatic rings.